The van der Waals surface area contributed by atoms with Gasteiger partial charge in [0.1, 0.15) is 5.82 Å². The third kappa shape index (κ3) is 3.80. The lowest BCUT2D eigenvalue weighted by Gasteiger charge is -2.34. The van der Waals surface area contributed by atoms with E-state index in [1.165, 1.54) is 17.7 Å². The molecule has 0 unspecified atom stereocenters. The zero-order chi connectivity index (χ0) is 16.9. The molecule has 126 valence electrons. The maximum atomic E-state index is 13.7. The van der Waals surface area contributed by atoms with Gasteiger partial charge in [-0.15, -0.1) is 0 Å². The first-order chi connectivity index (χ1) is 11.7. The Morgan fingerprint density at radius 1 is 0.958 bits per heavy atom. The van der Waals surface area contributed by atoms with E-state index < -0.39 is 5.82 Å². The van der Waals surface area contributed by atoms with E-state index in [0.717, 1.165) is 25.2 Å². The molecule has 1 N–H and O–H groups in total. The van der Waals surface area contributed by atoms with Crippen LogP contribution in [0.3, 0.4) is 0 Å². The van der Waals surface area contributed by atoms with Crippen molar-refractivity contribution in [1.29, 1.82) is 0 Å². The molecule has 4 nitrogen and oxygen atoms in total. The number of carbonyl (C=O) groups excluding carboxylic acids is 1. The van der Waals surface area contributed by atoms with Crippen LogP contribution < -0.4 is 0 Å². The number of piperazine rings is 1. The fourth-order valence-corrected chi connectivity index (χ4v) is 2.92. The van der Waals surface area contributed by atoms with Crippen molar-refractivity contribution in [2.75, 3.05) is 26.2 Å². The molecule has 5 heteroatoms. The molecule has 24 heavy (non-hydrogen) atoms. The number of amides is 1. The van der Waals surface area contributed by atoms with Gasteiger partial charge in [0, 0.05) is 32.7 Å². The normalized spacial score (nSPS) is 15.5. The second kappa shape index (κ2) is 7.55. The summed E-state index contributed by atoms with van der Waals surface area (Å²) in [5.74, 6) is -0.700. The highest BCUT2D eigenvalue weighted by Crippen LogP contribution is 2.14. The van der Waals surface area contributed by atoms with Gasteiger partial charge in [0.25, 0.3) is 5.91 Å². The predicted molar refractivity (Wildman–Crippen MR) is 89.9 cm³/mol. The summed E-state index contributed by atoms with van der Waals surface area (Å²) in [6.45, 7) is 3.60. The van der Waals surface area contributed by atoms with Crippen LogP contribution in [0, 0.1) is 5.82 Å². The molecule has 0 aliphatic carbocycles. The molecule has 2 aromatic carbocycles. The summed E-state index contributed by atoms with van der Waals surface area (Å²) in [6.07, 6.45) is 0. The number of aliphatic hydroxyl groups is 1. The summed E-state index contributed by atoms with van der Waals surface area (Å²) in [5, 5.41) is 9.07. The molecule has 0 saturated carbocycles. The van der Waals surface area contributed by atoms with Crippen molar-refractivity contribution in [2.45, 2.75) is 13.2 Å². The molecule has 1 saturated heterocycles. The van der Waals surface area contributed by atoms with Crippen LogP contribution in [0.4, 0.5) is 4.39 Å². The van der Waals surface area contributed by atoms with Gasteiger partial charge >= 0.3 is 0 Å². The van der Waals surface area contributed by atoms with E-state index >= 15 is 0 Å². The van der Waals surface area contributed by atoms with Gasteiger partial charge in [0.05, 0.1) is 12.2 Å². The van der Waals surface area contributed by atoms with Crippen molar-refractivity contribution in [3.8, 4) is 0 Å². The predicted octanol–water partition coefficient (Wildman–Crippen LogP) is 2.28. The minimum absolute atomic E-state index is 0.0527. The molecular formula is C19H21FN2O2. The Balaban J connectivity index is 1.55. The van der Waals surface area contributed by atoms with Gasteiger partial charge in [0.15, 0.2) is 0 Å². The summed E-state index contributed by atoms with van der Waals surface area (Å²) in [7, 11) is 0. The van der Waals surface area contributed by atoms with Crippen molar-refractivity contribution in [2.24, 2.45) is 0 Å². The quantitative estimate of drug-likeness (QED) is 0.936. The number of hydrogen-bond donors (Lipinski definition) is 1. The SMILES string of the molecule is O=C(c1ccccc1F)N1CCN(Cc2ccc(CO)cc2)CC1. The lowest BCUT2D eigenvalue weighted by Crippen LogP contribution is -2.48. The number of carbonyl (C=O) groups is 1. The smallest absolute Gasteiger partial charge is 0.256 e. The zero-order valence-corrected chi connectivity index (χ0v) is 13.5. The highest BCUT2D eigenvalue weighted by molar-refractivity contribution is 5.94. The molecule has 0 radical (unpaired) electrons. The monoisotopic (exact) mass is 328 g/mol. The van der Waals surface area contributed by atoms with E-state index in [2.05, 4.69) is 4.90 Å². The highest BCUT2D eigenvalue weighted by Gasteiger charge is 2.23. The van der Waals surface area contributed by atoms with Gasteiger partial charge in [-0.25, -0.2) is 4.39 Å². The molecule has 1 fully saturated rings. The Hall–Kier alpha value is -2.24. The molecule has 1 heterocycles. The van der Waals surface area contributed by atoms with Crippen LogP contribution in [0.25, 0.3) is 0 Å². The van der Waals surface area contributed by atoms with Gasteiger partial charge in [-0.05, 0) is 23.3 Å². The number of hydrogen-bond acceptors (Lipinski definition) is 3. The number of rotatable bonds is 4. The van der Waals surface area contributed by atoms with Crippen LogP contribution in [0.2, 0.25) is 0 Å². The molecule has 1 aliphatic heterocycles. The fourth-order valence-electron chi connectivity index (χ4n) is 2.92. The Labute approximate surface area is 141 Å². The van der Waals surface area contributed by atoms with Crippen molar-refractivity contribution < 1.29 is 14.3 Å². The summed E-state index contributed by atoms with van der Waals surface area (Å²) in [6, 6.07) is 14.0. The summed E-state index contributed by atoms with van der Waals surface area (Å²) < 4.78 is 13.7. The maximum absolute atomic E-state index is 13.7. The molecule has 2 aromatic rings. The molecule has 0 aromatic heterocycles. The average molecular weight is 328 g/mol. The third-order valence-electron chi connectivity index (χ3n) is 4.38. The van der Waals surface area contributed by atoms with E-state index in [1.54, 1.807) is 17.0 Å². The van der Waals surface area contributed by atoms with Gasteiger partial charge in [0.2, 0.25) is 0 Å². The van der Waals surface area contributed by atoms with Crippen LogP contribution in [-0.4, -0.2) is 47.0 Å². The Bertz CT molecular complexity index is 695. The van der Waals surface area contributed by atoms with Crippen molar-refractivity contribution in [3.63, 3.8) is 0 Å². The van der Waals surface area contributed by atoms with Crippen LogP contribution >= 0.6 is 0 Å². The van der Waals surface area contributed by atoms with E-state index in [-0.39, 0.29) is 18.1 Å². The number of nitrogens with zero attached hydrogens (tertiary/aromatic N) is 2. The number of halogens is 1. The molecule has 0 bridgehead atoms. The van der Waals surface area contributed by atoms with Crippen LogP contribution in [0.5, 0.6) is 0 Å². The topological polar surface area (TPSA) is 43.8 Å². The summed E-state index contributed by atoms with van der Waals surface area (Å²) in [5.41, 5.74) is 2.23. The average Bonchev–Trinajstić information content (AvgIpc) is 2.63. The van der Waals surface area contributed by atoms with Gasteiger partial charge in [-0.1, -0.05) is 36.4 Å². The van der Waals surface area contributed by atoms with Gasteiger partial charge in [-0.3, -0.25) is 9.69 Å². The lowest BCUT2D eigenvalue weighted by molar-refractivity contribution is 0.0624. The maximum Gasteiger partial charge on any atom is 0.256 e. The zero-order valence-electron chi connectivity index (χ0n) is 13.5. The minimum Gasteiger partial charge on any atom is -0.392 e. The van der Waals surface area contributed by atoms with Crippen LogP contribution in [0.15, 0.2) is 48.5 Å². The molecule has 1 amide bonds. The molecular weight excluding hydrogens is 307 g/mol. The molecule has 1 aliphatic rings. The third-order valence-corrected chi connectivity index (χ3v) is 4.38. The fraction of sp³-hybridized carbons (Fsp3) is 0.316. The standard InChI is InChI=1S/C19H21FN2O2/c20-18-4-2-1-3-17(18)19(24)22-11-9-21(10-12-22)13-15-5-7-16(14-23)8-6-15/h1-8,23H,9-14H2. The van der Waals surface area contributed by atoms with Crippen molar-refractivity contribution in [3.05, 3.63) is 71.0 Å². The van der Waals surface area contributed by atoms with Gasteiger partial charge < -0.3 is 10.0 Å². The first-order valence-corrected chi connectivity index (χ1v) is 8.12. The van der Waals surface area contributed by atoms with Crippen LogP contribution in [0.1, 0.15) is 21.5 Å². The molecule has 3 rings (SSSR count). The highest BCUT2D eigenvalue weighted by atomic mass is 19.1. The summed E-state index contributed by atoms with van der Waals surface area (Å²) in [4.78, 5) is 16.4. The molecule has 0 spiro atoms. The van der Waals surface area contributed by atoms with E-state index in [0.29, 0.717) is 13.1 Å². The Morgan fingerprint density at radius 3 is 2.21 bits per heavy atom. The second-order valence-electron chi connectivity index (χ2n) is 6.02. The molecule has 0 atom stereocenters. The van der Waals surface area contributed by atoms with E-state index in [1.807, 2.05) is 24.3 Å². The number of aliphatic hydroxyl groups excluding tert-OH is 1. The van der Waals surface area contributed by atoms with E-state index in [9.17, 15) is 9.18 Å². The van der Waals surface area contributed by atoms with Crippen LogP contribution in [-0.2, 0) is 13.2 Å². The summed E-state index contributed by atoms with van der Waals surface area (Å²) >= 11 is 0. The Morgan fingerprint density at radius 2 is 1.58 bits per heavy atom. The first kappa shape index (κ1) is 16.6. The first-order valence-electron chi connectivity index (χ1n) is 8.12. The van der Waals surface area contributed by atoms with Crippen molar-refractivity contribution in [1.82, 2.24) is 9.80 Å². The Kier molecular flexibility index (Phi) is 5.23. The largest absolute Gasteiger partial charge is 0.392 e. The minimum atomic E-state index is -0.464. The van der Waals surface area contributed by atoms with E-state index in [4.69, 9.17) is 5.11 Å². The lowest BCUT2D eigenvalue weighted by atomic mass is 10.1. The van der Waals surface area contributed by atoms with Gasteiger partial charge in [-0.2, -0.15) is 0 Å². The number of benzene rings is 2. The second-order valence-corrected chi connectivity index (χ2v) is 6.02. The van der Waals surface area contributed by atoms with Crippen molar-refractivity contribution >= 4 is 5.91 Å².